The minimum Gasteiger partial charge on any atom is -0.318 e. The highest BCUT2D eigenvalue weighted by Crippen LogP contribution is 2.15. The van der Waals surface area contributed by atoms with Gasteiger partial charge in [-0.2, -0.15) is 10.2 Å². The molecule has 0 saturated heterocycles. The molecule has 0 spiro atoms. The molecule has 0 amide bonds. The standard InChI is InChI=1S/C18H16N6S/c1-13(14-7-9-15(10-8-14)24-12-19-11-20-24)21-22-18-23(2)16-5-3-4-6-17(16)25-18/h3-12H,1-2H3/b21-13-,22-18+. The topological polar surface area (TPSA) is 60.4 Å². The van der Waals surface area contributed by atoms with Crippen LogP contribution < -0.4 is 4.80 Å². The van der Waals surface area contributed by atoms with Gasteiger partial charge in [0.1, 0.15) is 12.7 Å². The van der Waals surface area contributed by atoms with E-state index in [9.17, 15) is 0 Å². The van der Waals surface area contributed by atoms with Crippen LogP contribution in [-0.2, 0) is 7.05 Å². The number of benzene rings is 2. The molecule has 0 bridgehead atoms. The maximum atomic E-state index is 4.43. The first-order chi connectivity index (χ1) is 12.2. The van der Waals surface area contributed by atoms with Gasteiger partial charge in [-0.05, 0) is 36.8 Å². The Labute approximate surface area is 148 Å². The Kier molecular flexibility index (Phi) is 3.99. The number of para-hydroxylation sites is 1. The highest BCUT2D eigenvalue weighted by Gasteiger charge is 2.02. The van der Waals surface area contributed by atoms with Crippen molar-refractivity contribution in [1.29, 1.82) is 0 Å². The van der Waals surface area contributed by atoms with Crippen molar-refractivity contribution in [3.8, 4) is 5.69 Å². The van der Waals surface area contributed by atoms with Gasteiger partial charge >= 0.3 is 0 Å². The number of aryl methyl sites for hydroxylation is 1. The van der Waals surface area contributed by atoms with Crippen molar-refractivity contribution in [3.63, 3.8) is 0 Å². The van der Waals surface area contributed by atoms with Gasteiger partial charge in [0.15, 0.2) is 0 Å². The molecule has 25 heavy (non-hydrogen) atoms. The van der Waals surface area contributed by atoms with Crippen molar-refractivity contribution in [2.75, 3.05) is 0 Å². The Balaban J connectivity index is 1.65. The molecule has 0 aliphatic carbocycles. The molecule has 0 fully saturated rings. The summed E-state index contributed by atoms with van der Waals surface area (Å²) in [6.07, 6.45) is 3.19. The van der Waals surface area contributed by atoms with E-state index in [0.717, 1.165) is 27.3 Å². The lowest BCUT2D eigenvalue weighted by Gasteiger charge is -2.02. The SMILES string of the molecule is C/C(=N/N=c1/sc2ccccc2n1C)c1ccc(-n2cncn2)cc1. The molecular formula is C18H16N6S. The summed E-state index contributed by atoms with van der Waals surface area (Å²) in [7, 11) is 2.01. The molecule has 0 atom stereocenters. The van der Waals surface area contributed by atoms with Crippen molar-refractivity contribution < 1.29 is 0 Å². The van der Waals surface area contributed by atoms with Crippen LogP contribution >= 0.6 is 11.3 Å². The second-order valence-electron chi connectivity index (χ2n) is 5.58. The Bertz CT molecular complexity index is 1100. The van der Waals surface area contributed by atoms with Crippen LogP contribution in [0.25, 0.3) is 15.9 Å². The van der Waals surface area contributed by atoms with E-state index in [1.807, 2.05) is 50.4 Å². The molecule has 0 aliphatic rings. The number of fused-ring (bicyclic) bond motifs is 1. The molecule has 0 radical (unpaired) electrons. The molecular weight excluding hydrogens is 332 g/mol. The minimum absolute atomic E-state index is 0.864. The Hall–Kier alpha value is -3.06. The largest absolute Gasteiger partial charge is 0.318 e. The molecule has 0 unspecified atom stereocenters. The first kappa shape index (κ1) is 15.5. The van der Waals surface area contributed by atoms with Crippen LogP contribution in [0.1, 0.15) is 12.5 Å². The van der Waals surface area contributed by atoms with E-state index < -0.39 is 0 Å². The van der Waals surface area contributed by atoms with Crippen LogP contribution in [0.15, 0.2) is 71.4 Å². The number of hydrogen-bond acceptors (Lipinski definition) is 5. The van der Waals surface area contributed by atoms with Crippen molar-refractivity contribution in [3.05, 3.63) is 71.6 Å². The van der Waals surface area contributed by atoms with Crippen molar-refractivity contribution in [2.24, 2.45) is 17.3 Å². The summed E-state index contributed by atoms with van der Waals surface area (Å²) in [6.45, 7) is 1.96. The van der Waals surface area contributed by atoms with Crippen LogP contribution in [0.2, 0.25) is 0 Å². The van der Waals surface area contributed by atoms with E-state index in [-0.39, 0.29) is 0 Å². The van der Waals surface area contributed by atoms with Gasteiger partial charge < -0.3 is 4.57 Å². The number of nitrogens with zero attached hydrogens (tertiary/aromatic N) is 6. The molecule has 0 N–H and O–H groups in total. The van der Waals surface area contributed by atoms with E-state index in [1.54, 1.807) is 22.3 Å². The predicted octanol–water partition coefficient (Wildman–Crippen LogP) is 3.15. The third kappa shape index (κ3) is 3.01. The maximum absolute atomic E-state index is 4.43. The number of rotatable bonds is 3. The minimum atomic E-state index is 0.864. The zero-order chi connectivity index (χ0) is 17.2. The zero-order valence-corrected chi connectivity index (χ0v) is 14.7. The van der Waals surface area contributed by atoms with E-state index in [4.69, 9.17) is 0 Å². The maximum Gasteiger partial charge on any atom is 0.211 e. The van der Waals surface area contributed by atoms with E-state index in [1.165, 1.54) is 11.0 Å². The normalized spacial score (nSPS) is 12.9. The molecule has 2 aromatic heterocycles. The molecule has 0 saturated carbocycles. The Morgan fingerprint density at radius 3 is 2.60 bits per heavy atom. The number of thiazole rings is 1. The molecule has 124 valence electrons. The lowest BCUT2D eigenvalue weighted by atomic mass is 10.1. The summed E-state index contributed by atoms with van der Waals surface area (Å²) in [5.41, 5.74) is 4.01. The van der Waals surface area contributed by atoms with Crippen LogP contribution in [0.4, 0.5) is 0 Å². The van der Waals surface area contributed by atoms with Gasteiger partial charge in [-0.1, -0.05) is 35.6 Å². The average Bonchev–Trinajstić information content (AvgIpc) is 3.29. The summed E-state index contributed by atoms with van der Waals surface area (Å²) < 4.78 is 4.98. The van der Waals surface area contributed by atoms with Gasteiger partial charge in [-0.25, -0.2) is 9.67 Å². The third-order valence-electron chi connectivity index (χ3n) is 3.97. The van der Waals surface area contributed by atoms with Crippen LogP contribution in [0.3, 0.4) is 0 Å². The van der Waals surface area contributed by atoms with Gasteiger partial charge in [0.2, 0.25) is 4.80 Å². The fourth-order valence-electron chi connectivity index (χ4n) is 2.55. The molecule has 4 aromatic rings. The summed E-state index contributed by atoms with van der Waals surface area (Å²) >= 11 is 1.63. The molecule has 6 nitrogen and oxygen atoms in total. The lowest BCUT2D eigenvalue weighted by molar-refractivity contribution is 0.878. The average molecular weight is 348 g/mol. The Morgan fingerprint density at radius 1 is 1.08 bits per heavy atom. The molecule has 4 rings (SSSR count). The summed E-state index contributed by atoms with van der Waals surface area (Å²) in [5.74, 6) is 0. The third-order valence-corrected chi connectivity index (χ3v) is 5.07. The second-order valence-corrected chi connectivity index (χ2v) is 6.59. The van der Waals surface area contributed by atoms with Crippen molar-refractivity contribution >= 4 is 27.3 Å². The first-order valence-corrected chi connectivity index (χ1v) is 8.62. The molecule has 7 heteroatoms. The summed E-state index contributed by atoms with van der Waals surface area (Å²) in [4.78, 5) is 4.83. The van der Waals surface area contributed by atoms with E-state index in [0.29, 0.717) is 0 Å². The monoisotopic (exact) mass is 348 g/mol. The number of hydrogen-bond donors (Lipinski definition) is 0. The fraction of sp³-hybridized carbons (Fsp3) is 0.111. The fourth-order valence-corrected chi connectivity index (χ4v) is 3.52. The predicted molar refractivity (Wildman–Crippen MR) is 99.9 cm³/mol. The second kappa shape index (κ2) is 6.45. The highest BCUT2D eigenvalue weighted by molar-refractivity contribution is 7.16. The molecule has 2 aromatic carbocycles. The summed E-state index contributed by atoms with van der Waals surface area (Å²) in [6, 6.07) is 16.2. The first-order valence-electron chi connectivity index (χ1n) is 7.81. The van der Waals surface area contributed by atoms with Crippen molar-refractivity contribution in [1.82, 2.24) is 19.3 Å². The van der Waals surface area contributed by atoms with Crippen molar-refractivity contribution in [2.45, 2.75) is 6.92 Å². The van der Waals surface area contributed by atoms with E-state index >= 15 is 0 Å². The zero-order valence-electron chi connectivity index (χ0n) is 13.9. The van der Waals surface area contributed by atoms with Crippen LogP contribution in [-0.4, -0.2) is 25.0 Å². The smallest absolute Gasteiger partial charge is 0.211 e. The van der Waals surface area contributed by atoms with E-state index in [2.05, 4.69) is 37.0 Å². The van der Waals surface area contributed by atoms with Crippen LogP contribution in [0.5, 0.6) is 0 Å². The molecule has 0 aliphatic heterocycles. The van der Waals surface area contributed by atoms with Gasteiger partial charge in [0.25, 0.3) is 0 Å². The summed E-state index contributed by atoms with van der Waals surface area (Å²) in [5, 5.41) is 13.0. The Morgan fingerprint density at radius 2 is 1.88 bits per heavy atom. The highest BCUT2D eigenvalue weighted by atomic mass is 32.1. The molecule has 2 heterocycles. The van der Waals surface area contributed by atoms with Gasteiger partial charge in [0.05, 0.1) is 21.6 Å². The van der Waals surface area contributed by atoms with Gasteiger partial charge in [-0.15, -0.1) is 5.10 Å². The van der Waals surface area contributed by atoms with Gasteiger partial charge in [0, 0.05) is 7.05 Å². The van der Waals surface area contributed by atoms with Crippen LogP contribution in [0, 0.1) is 0 Å². The number of aromatic nitrogens is 4. The lowest BCUT2D eigenvalue weighted by Crippen LogP contribution is -2.09. The quantitative estimate of drug-likeness (QED) is 0.422. The van der Waals surface area contributed by atoms with Gasteiger partial charge in [-0.3, -0.25) is 0 Å².